The second kappa shape index (κ2) is 7.61. The van der Waals surface area contributed by atoms with E-state index in [1.54, 1.807) is 0 Å². The average molecular weight is 269 g/mol. The number of hydrogen-bond donors (Lipinski definition) is 1. The van der Waals surface area contributed by atoms with Gasteiger partial charge in [-0.15, -0.1) is 0 Å². The van der Waals surface area contributed by atoms with Crippen LogP contribution >= 0.6 is 0 Å². The van der Waals surface area contributed by atoms with Gasteiger partial charge in [-0.3, -0.25) is 0 Å². The molecule has 1 aliphatic heterocycles. The van der Waals surface area contributed by atoms with E-state index in [0.29, 0.717) is 12.0 Å². The molecular formula is C16H31NO2. The van der Waals surface area contributed by atoms with Crippen LogP contribution in [-0.4, -0.2) is 38.0 Å². The molecule has 0 aromatic rings. The molecule has 0 aromatic carbocycles. The highest BCUT2D eigenvalue weighted by Crippen LogP contribution is 2.39. The second-order valence-corrected chi connectivity index (χ2v) is 6.70. The molecule has 3 heteroatoms. The zero-order valence-electron chi connectivity index (χ0n) is 12.7. The minimum Gasteiger partial charge on any atom is -0.381 e. The molecule has 112 valence electrons. The molecule has 2 aliphatic rings. The third kappa shape index (κ3) is 5.05. The summed E-state index contributed by atoms with van der Waals surface area (Å²) in [6.07, 6.45) is 8.79. The first kappa shape index (κ1) is 15.3. The minimum atomic E-state index is 0.240. The van der Waals surface area contributed by atoms with Crippen molar-refractivity contribution in [3.63, 3.8) is 0 Å². The normalized spacial score (nSPS) is 26.4. The van der Waals surface area contributed by atoms with E-state index in [-0.39, 0.29) is 5.60 Å². The number of rotatable bonds is 7. The number of nitrogens with one attached hydrogen (secondary N) is 1. The molecule has 3 nitrogen and oxygen atoms in total. The molecule has 2 rings (SSSR count). The molecular weight excluding hydrogens is 238 g/mol. The van der Waals surface area contributed by atoms with Crippen LogP contribution in [0.15, 0.2) is 0 Å². The summed E-state index contributed by atoms with van der Waals surface area (Å²) in [5.41, 5.74) is 0.240. The first-order chi connectivity index (χ1) is 9.20. The first-order valence-corrected chi connectivity index (χ1v) is 8.15. The lowest BCUT2D eigenvalue weighted by atomic mass is 9.89. The number of ether oxygens (including phenoxy) is 2. The third-order valence-corrected chi connectivity index (χ3v) is 4.36. The van der Waals surface area contributed by atoms with Crippen molar-refractivity contribution in [3.05, 3.63) is 0 Å². The largest absolute Gasteiger partial charge is 0.381 e. The van der Waals surface area contributed by atoms with Crippen molar-refractivity contribution in [2.75, 3.05) is 26.4 Å². The second-order valence-electron chi connectivity index (χ2n) is 6.70. The maximum atomic E-state index is 6.06. The van der Waals surface area contributed by atoms with Crippen molar-refractivity contribution in [3.8, 4) is 0 Å². The van der Waals surface area contributed by atoms with Crippen LogP contribution in [-0.2, 0) is 9.47 Å². The SMILES string of the molecule is CC(C)COCCCNC1CCOC2(CCCC2)C1. The average Bonchev–Trinajstić information content (AvgIpc) is 2.81. The quantitative estimate of drug-likeness (QED) is 0.720. The summed E-state index contributed by atoms with van der Waals surface area (Å²) in [4.78, 5) is 0. The van der Waals surface area contributed by atoms with Crippen LogP contribution in [0.2, 0.25) is 0 Å². The van der Waals surface area contributed by atoms with Gasteiger partial charge < -0.3 is 14.8 Å². The molecule has 0 aromatic heterocycles. The van der Waals surface area contributed by atoms with Gasteiger partial charge in [0.2, 0.25) is 0 Å². The van der Waals surface area contributed by atoms with Crippen LogP contribution in [0.5, 0.6) is 0 Å². The van der Waals surface area contributed by atoms with E-state index in [1.807, 2.05) is 0 Å². The van der Waals surface area contributed by atoms with Gasteiger partial charge in [0.25, 0.3) is 0 Å². The highest BCUT2D eigenvalue weighted by molar-refractivity contribution is 4.93. The lowest BCUT2D eigenvalue weighted by Gasteiger charge is -2.38. The summed E-state index contributed by atoms with van der Waals surface area (Å²) in [6, 6.07) is 0.664. The van der Waals surface area contributed by atoms with Gasteiger partial charge in [-0.25, -0.2) is 0 Å². The van der Waals surface area contributed by atoms with E-state index in [4.69, 9.17) is 9.47 Å². The van der Waals surface area contributed by atoms with E-state index in [9.17, 15) is 0 Å². The molecule has 1 aliphatic carbocycles. The zero-order chi connectivity index (χ0) is 13.6. The molecule has 1 spiro atoms. The molecule has 1 saturated carbocycles. The monoisotopic (exact) mass is 269 g/mol. The Morgan fingerprint density at radius 1 is 1.32 bits per heavy atom. The van der Waals surface area contributed by atoms with Crippen LogP contribution in [0.1, 0.15) is 58.8 Å². The summed E-state index contributed by atoms with van der Waals surface area (Å²) < 4.78 is 11.7. The van der Waals surface area contributed by atoms with Gasteiger partial charge in [-0.2, -0.15) is 0 Å². The van der Waals surface area contributed by atoms with Crippen molar-refractivity contribution in [1.29, 1.82) is 0 Å². The molecule has 1 unspecified atom stereocenters. The van der Waals surface area contributed by atoms with E-state index < -0.39 is 0 Å². The smallest absolute Gasteiger partial charge is 0.0697 e. The van der Waals surface area contributed by atoms with Crippen LogP contribution in [0, 0.1) is 5.92 Å². The molecule has 2 fully saturated rings. The van der Waals surface area contributed by atoms with E-state index in [2.05, 4.69) is 19.2 Å². The highest BCUT2D eigenvalue weighted by Gasteiger charge is 2.39. The van der Waals surface area contributed by atoms with Crippen molar-refractivity contribution < 1.29 is 9.47 Å². The van der Waals surface area contributed by atoms with Crippen LogP contribution in [0.4, 0.5) is 0 Å². The van der Waals surface area contributed by atoms with E-state index in [0.717, 1.165) is 32.8 Å². The molecule has 0 amide bonds. The molecule has 0 radical (unpaired) electrons. The topological polar surface area (TPSA) is 30.5 Å². The Morgan fingerprint density at radius 3 is 2.84 bits per heavy atom. The molecule has 1 N–H and O–H groups in total. The Balaban J connectivity index is 1.56. The summed E-state index contributed by atoms with van der Waals surface area (Å²) in [7, 11) is 0. The van der Waals surface area contributed by atoms with Gasteiger partial charge in [-0.1, -0.05) is 26.7 Å². The van der Waals surface area contributed by atoms with Crippen LogP contribution < -0.4 is 5.32 Å². The maximum absolute atomic E-state index is 6.06. The Kier molecular flexibility index (Phi) is 6.11. The molecule has 1 saturated heterocycles. The van der Waals surface area contributed by atoms with Crippen molar-refractivity contribution >= 4 is 0 Å². The van der Waals surface area contributed by atoms with Crippen molar-refractivity contribution in [1.82, 2.24) is 5.32 Å². The first-order valence-electron chi connectivity index (χ1n) is 8.15. The standard InChI is InChI=1S/C16H31NO2/c1-14(2)13-18-10-5-9-17-15-6-11-19-16(12-15)7-3-4-8-16/h14-15,17H,3-13H2,1-2H3. The van der Waals surface area contributed by atoms with Crippen LogP contribution in [0.25, 0.3) is 0 Å². The fourth-order valence-corrected chi connectivity index (χ4v) is 3.37. The zero-order valence-corrected chi connectivity index (χ0v) is 12.7. The van der Waals surface area contributed by atoms with Crippen molar-refractivity contribution in [2.24, 2.45) is 5.92 Å². The Morgan fingerprint density at radius 2 is 2.11 bits per heavy atom. The Hall–Kier alpha value is -0.120. The predicted octanol–water partition coefficient (Wildman–Crippen LogP) is 3.13. The maximum Gasteiger partial charge on any atom is 0.0697 e. The summed E-state index contributed by atoms with van der Waals surface area (Å²) in [5, 5.41) is 3.70. The lowest BCUT2D eigenvalue weighted by Crippen LogP contribution is -2.45. The van der Waals surface area contributed by atoms with E-state index >= 15 is 0 Å². The summed E-state index contributed by atoms with van der Waals surface area (Å²) in [5.74, 6) is 0.644. The summed E-state index contributed by atoms with van der Waals surface area (Å²) in [6.45, 7) is 8.20. The third-order valence-electron chi connectivity index (χ3n) is 4.36. The minimum absolute atomic E-state index is 0.240. The molecule has 1 heterocycles. The predicted molar refractivity (Wildman–Crippen MR) is 78.4 cm³/mol. The highest BCUT2D eigenvalue weighted by atomic mass is 16.5. The Bertz CT molecular complexity index is 249. The van der Waals surface area contributed by atoms with Crippen molar-refractivity contribution in [2.45, 2.75) is 70.4 Å². The van der Waals surface area contributed by atoms with Gasteiger partial charge in [-0.05, 0) is 44.6 Å². The lowest BCUT2D eigenvalue weighted by molar-refractivity contribution is -0.0836. The fraction of sp³-hybridized carbons (Fsp3) is 1.00. The molecule has 19 heavy (non-hydrogen) atoms. The van der Waals surface area contributed by atoms with Gasteiger partial charge in [0.05, 0.1) is 5.60 Å². The van der Waals surface area contributed by atoms with Gasteiger partial charge in [0, 0.05) is 25.9 Å². The Labute approximate surface area is 118 Å². The molecule has 1 atom stereocenters. The van der Waals surface area contributed by atoms with Gasteiger partial charge in [0.15, 0.2) is 0 Å². The van der Waals surface area contributed by atoms with Gasteiger partial charge >= 0.3 is 0 Å². The number of hydrogen-bond acceptors (Lipinski definition) is 3. The summed E-state index contributed by atoms with van der Waals surface area (Å²) >= 11 is 0. The van der Waals surface area contributed by atoms with Crippen LogP contribution in [0.3, 0.4) is 0 Å². The van der Waals surface area contributed by atoms with Gasteiger partial charge in [0.1, 0.15) is 0 Å². The van der Waals surface area contributed by atoms with E-state index in [1.165, 1.54) is 38.5 Å². The molecule has 0 bridgehead atoms. The fourth-order valence-electron chi connectivity index (χ4n) is 3.37.